The summed E-state index contributed by atoms with van der Waals surface area (Å²) in [5.74, 6) is 0. The normalized spacial score (nSPS) is 11.3. The Bertz CT molecular complexity index is 858. The zero-order valence-corrected chi connectivity index (χ0v) is 14.3. The Hall–Kier alpha value is -2.32. The van der Waals surface area contributed by atoms with Crippen molar-refractivity contribution in [1.82, 2.24) is 4.57 Å². The van der Waals surface area contributed by atoms with Crippen LogP contribution in [0.25, 0.3) is 5.69 Å². The molecule has 0 amide bonds. The lowest BCUT2D eigenvalue weighted by Gasteiger charge is -2.09. The molecule has 2 nitrogen and oxygen atoms in total. The first-order valence-electron chi connectivity index (χ1n) is 7.60. The Labute approximate surface area is 142 Å². The van der Waals surface area contributed by atoms with Crippen molar-refractivity contribution >= 4 is 23.5 Å². The fraction of sp³-hybridized carbons (Fsp3) is 0.150. The van der Waals surface area contributed by atoms with Gasteiger partial charge in [-0.2, -0.15) is 0 Å². The van der Waals surface area contributed by atoms with Gasteiger partial charge in [-0.1, -0.05) is 23.7 Å². The molecule has 3 rings (SSSR count). The van der Waals surface area contributed by atoms with E-state index in [1.54, 1.807) is 0 Å². The van der Waals surface area contributed by atoms with E-state index in [1.165, 1.54) is 17.0 Å². The number of aromatic nitrogens is 1. The lowest BCUT2D eigenvalue weighted by atomic mass is 10.2. The molecular weight excluding hydrogens is 304 g/mol. The summed E-state index contributed by atoms with van der Waals surface area (Å²) in [5.41, 5.74) is 6.77. The number of hydrogen-bond acceptors (Lipinski definition) is 1. The summed E-state index contributed by atoms with van der Waals surface area (Å²) < 4.78 is 2.22. The Kier molecular flexibility index (Phi) is 4.35. The maximum atomic E-state index is 5.98. The Morgan fingerprint density at radius 3 is 2.39 bits per heavy atom. The summed E-state index contributed by atoms with van der Waals surface area (Å²) in [6, 6.07) is 18.2. The summed E-state index contributed by atoms with van der Waals surface area (Å²) in [4.78, 5) is 4.60. The van der Waals surface area contributed by atoms with Gasteiger partial charge in [-0.05, 0) is 68.8 Å². The Morgan fingerprint density at radius 2 is 1.70 bits per heavy atom. The van der Waals surface area contributed by atoms with Crippen molar-refractivity contribution in [1.29, 1.82) is 0 Å². The Balaban J connectivity index is 1.96. The number of nitrogens with zero attached hydrogens (tertiary/aromatic N) is 2. The first kappa shape index (κ1) is 15.6. The average molecular weight is 323 g/mol. The second-order valence-electron chi connectivity index (χ2n) is 5.74. The van der Waals surface area contributed by atoms with E-state index in [2.05, 4.69) is 48.5 Å². The van der Waals surface area contributed by atoms with Crippen LogP contribution < -0.4 is 0 Å². The number of aryl methyl sites for hydroxylation is 2. The minimum absolute atomic E-state index is 0.748. The van der Waals surface area contributed by atoms with E-state index in [-0.39, 0.29) is 0 Å². The van der Waals surface area contributed by atoms with Crippen LogP contribution in [0, 0.1) is 20.8 Å². The van der Waals surface area contributed by atoms with E-state index in [4.69, 9.17) is 11.6 Å². The molecule has 0 fully saturated rings. The molecule has 0 atom stereocenters. The maximum absolute atomic E-state index is 5.98. The van der Waals surface area contributed by atoms with Gasteiger partial charge < -0.3 is 4.57 Å². The first-order valence-corrected chi connectivity index (χ1v) is 7.98. The van der Waals surface area contributed by atoms with E-state index in [0.717, 1.165) is 22.0 Å². The SMILES string of the molecule is Cc1cccc(N=Cc2cc(C)n(-c3ccc(Cl)cc3)c2C)c1. The van der Waals surface area contributed by atoms with Crippen LogP contribution in [-0.2, 0) is 0 Å². The van der Waals surface area contributed by atoms with Crippen molar-refractivity contribution in [3.63, 3.8) is 0 Å². The van der Waals surface area contributed by atoms with E-state index in [9.17, 15) is 0 Å². The van der Waals surface area contributed by atoms with Gasteiger partial charge in [-0.3, -0.25) is 4.99 Å². The molecule has 1 aromatic heterocycles. The van der Waals surface area contributed by atoms with Crippen molar-refractivity contribution in [3.8, 4) is 5.69 Å². The molecule has 0 unspecified atom stereocenters. The Morgan fingerprint density at radius 1 is 0.957 bits per heavy atom. The third-order valence-electron chi connectivity index (χ3n) is 3.91. The van der Waals surface area contributed by atoms with Gasteiger partial charge in [0, 0.05) is 33.9 Å². The molecule has 3 aromatic rings. The van der Waals surface area contributed by atoms with Gasteiger partial charge in [0.1, 0.15) is 0 Å². The van der Waals surface area contributed by atoms with Crippen LogP contribution in [0.4, 0.5) is 5.69 Å². The fourth-order valence-corrected chi connectivity index (χ4v) is 2.88. The number of rotatable bonds is 3. The molecule has 0 radical (unpaired) electrons. The molecular formula is C20H19ClN2. The number of hydrogen-bond donors (Lipinski definition) is 0. The summed E-state index contributed by atoms with van der Waals surface area (Å²) >= 11 is 5.98. The number of aliphatic imine (C=N–C) groups is 1. The van der Waals surface area contributed by atoms with E-state index in [0.29, 0.717) is 0 Å². The van der Waals surface area contributed by atoms with Crippen LogP contribution >= 0.6 is 11.6 Å². The predicted octanol–water partition coefficient (Wildman–Crippen LogP) is 5.81. The van der Waals surface area contributed by atoms with Crippen molar-refractivity contribution < 1.29 is 0 Å². The van der Waals surface area contributed by atoms with Crippen molar-refractivity contribution in [2.24, 2.45) is 4.99 Å². The van der Waals surface area contributed by atoms with Gasteiger partial charge in [0.05, 0.1) is 5.69 Å². The van der Waals surface area contributed by atoms with Gasteiger partial charge in [-0.25, -0.2) is 0 Å². The molecule has 0 saturated carbocycles. The van der Waals surface area contributed by atoms with E-state index in [1.807, 2.05) is 42.6 Å². The van der Waals surface area contributed by atoms with Crippen LogP contribution in [0.15, 0.2) is 59.6 Å². The van der Waals surface area contributed by atoms with E-state index >= 15 is 0 Å². The third kappa shape index (κ3) is 3.38. The highest BCUT2D eigenvalue weighted by molar-refractivity contribution is 6.30. The maximum Gasteiger partial charge on any atom is 0.0632 e. The van der Waals surface area contributed by atoms with Crippen LogP contribution in [0.2, 0.25) is 5.02 Å². The van der Waals surface area contributed by atoms with Crippen LogP contribution in [0.1, 0.15) is 22.5 Å². The molecule has 23 heavy (non-hydrogen) atoms. The van der Waals surface area contributed by atoms with Crippen LogP contribution in [0.5, 0.6) is 0 Å². The van der Waals surface area contributed by atoms with Gasteiger partial charge in [0.25, 0.3) is 0 Å². The van der Waals surface area contributed by atoms with Crippen molar-refractivity contribution in [2.45, 2.75) is 20.8 Å². The number of halogens is 1. The topological polar surface area (TPSA) is 17.3 Å². The predicted molar refractivity (Wildman–Crippen MR) is 98.7 cm³/mol. The first-order chi connectivity index (χ1) is 11.0. The van der Waals surface area contributed by atoms with Crippen LogP contribution in [-0.4, -0.2) is 10.8 Å². The highest BCUT2D eigenvalue weighted by atomic mass is 35.5. The highest BCUT2D eigenvalue weighted by Crippen LogP contribution is 2.22. The lowest BCUT2D eigenvalue weighted by Crippen LogP contribution is -1.99. The molecule has 3 heteroatoms. The molecule has 116 valence electrons. The quantitative estimate of drug-likeness (QED) is 0.542. The average Bonchev–Trinajstić information content (AvgIpc) is 2.81. The van der Waals surface area contributed by atoms with Gasteiger partial charge >= 0.3 is 0 Å². The minimum Gasteiger partial charge on any atom is -0.318 e. The molecule has 0 aliphatic carbocycles. The van der Waals surface area contributed by atoms with Crippen LogP contribution in [0.3, 0.4) is 0 Å². The third-order valence-corrected chi connectivity index (χ3v) is 4.16. The molecule has 1 heterocycles. The second kappa shape index (κ2) is 6.43. The molecule has 0 bridgehead atoms. The zero-order chi connectivity index (χ0) is 16.4. The van der Waals surface area contributed by atoms with Gasteiger partial charge in [-0.15, -0.1) is 0 Å². The smallest absolute Gasteiger partial charge is 0.0632 e. The van der Waals surface area contributed by atoms with Gasteiger partial charge in [0.2, 0.25) is 0 Å². The van der Waals surface area contributed by atoms with Crippen molar-refractivity contribution in [3.05, 3.63) is 82.1 Å². The largest absolute Gasteiger partial charge is 0.318 e. The molecule has 0 saturated heterocycles. The molecule has 0 aliphatic rings. The standard InChI is InChI=1S/C20H19ClN2/c1-14-5-4-6-19(11-14)22-13-17-12-15(2)23(16(17)3)20-9-7-18(21)8-10-20/h4-13H,1-3H3. The molecule has 0 spiro atoms. The van der Waals surface area contributed by atoms with Crippen molar-refractivity contribution in [2.75, 3.05) is 0 Å². The lowest BCUT2D eigenvalue weighted by molar-refractivity contribution is 0.965. The summed E-state index contributed by atoms with van der Waals surface area (Å²) in [6.45, 7) is 6.29. The van der Waals surface area contributed by atoms with E-state index < -0.39 is 0 Å². The summed E-state index contributed by atoms with van der Waals surface area (Å²) in [7, 11) is 0. The monoisotopic (exact) mass is 322 g/mol. The highest BCUT2D eigenvalue weighted by Gasteiger charge is 2.09. The summed E-state index contributed by atoms with van der Waals surface area (Å²) in [5, 5.41) is 0.748. The number of benzene rings is 2. The minimum atomic E-state index is 0.748. The molecule has 2 aromatic carbocycles. The fourth-order valence-electron chi connectivity index (χ4n) is 2.76. The molecule has 0 N–H and O–H groups in total. The molecule has 0 aliphatic heterocycles. The summed E-state index contributed by atoms with van der Waals surface area (Å²) in [6.07, 6.45) is 1.93. The zero-order valence-electron chi connectivity index (χ0n) is 13.5. The van der Waals surface area contributed by atoms with Gasteiger partial charge in [0.15, 0.2) is 0 Å². The second-order valence-corrected chi connectivity index (χ2v) is 6.17.